The van der Waals surface area contributed by atoms with E-state index in [4.69, 9.17) is 4.74 Å². The molecule has 0 spiro atoms. The van der Waals surface area contributed by atoms with Crippen LogP contribution in [0.15, 0.2) is 67.3 Å². The van der Waals surface area contributed by atoms with Gasteiger partial charge in [-0.2, -0.15) is 22.0 Å². The van der Waals surface area contributed by atoms with Crippen molar-refractivity contribution in [2.24, 2.45) is 0 Å². The molecule has 0 saturated heterocycles. The van der Waals surface area contributed by atoms with Crippen LogP contribution in [0.3, 0.4) is 0 Å². The van der Waals surface area contributed by atoms with Crippen molar-refractivity contribution >= 4 is 10.8 Å². The monoisotopic (exact) mass is 410 g/mol. The van der Waals surface area contributed by atoms with Crippen LogP contribution >= 0.6 is 0 Å². The van der Waals surface area contributed by atoms with E-state index in [9.17, 15) is 26.3 Å². The van der Waals surface area contributed by atoms with Crippen LogP contribution in [0.2, 0.25) is 0 Å². The molecule has 0 saturated carbocycles. The SMILES string of the molecule is C=CCCc1ccc(C(F)(F)Oc2ccc3c(F)c(C(F)(F)F)ccc3c2)cc1. The Morgan fingerprint density at radius 3 is 2.21 bits per heavy atom. The quantitative estimate of drug-likeness (QED) is 0.307. The summed E-state index contributed by atoms with van der Waals surface area (Å²) < 4.78 is 86.2. The Morgan fingerprint density at radius 1 is 0.897 bits per heavy atom. The zero-order valence-corrected chi connectivity index (χ0v) is 15.1. The maximum atomic E-state index is 14.5. The summed E-state index contributed by atoms with van der Waals surface area (Å²) in [6.45, 7) is 3.60. The molecule has 0 radical (unpaired) electrons. The molecule has 0 N–H and O–H groups in total. The summed E-state index contributed by atoms with van der Waals surface area (Å²) in [4.78, 5) is 0. The summed E-state index contributed by atoms with van der Waals surface area (Å²) in [6, 6.07) is 10.3. The number of hydrogen-bond donors (Lipinski definition) is 0. The normalized spacial score (nSPS) is 12.2. The summed E-state index contributed by atoms with van der Waals surface area (Å²) in [6.07, 6.45) is -5.40. The lowest BCUT2D eigenvalue weighted by Crippen LogP contribution is -2.21. The minimum atomic E-state index is -4.85. The molecule has 0 bridgehead atoms. The molecule has 0 atom stereocenters. The highest BCUT2D eigenvalue weighted by Crippen LogP contribution is 2.37. The Kier molecular flexibility index (Phi) is 5.59. The maximum absolute atomic E-state index is 14.5. The molecule has 1 nitrogen and oxygen atoms in total. The largest absolute Gasteiger partial charge is 0.429 e. The lowest BCUT2D eigenvalue weighted by molar-refractivity contribution is -0.185. The van der Waals surface area contributed by atoms with E-state index in [1.165, 1.54) is 12.1 Å². The molecule has 0 aliphatic heterocycles. The first kappa shape index (κ1) is 20.8. The van der Waals surface area contributed by atoms with Crippen LogP contribution in [0.5, 0.6) is 5.75 Å². The van der Waals surface area contributed by atoms with Crippen LogP contribution in [0.25, 0.3) is 10.8 Å². The zero-order chi connectivity index (χ0) is 21.2. The molecule has 3 aromatic rings. The number of rotatable bonds is 6. The minimum Gasteiger partial charge on any atom is -0.429 e. The van der Waals surface area contributed by atoms with Crippen LogP contribution in [0, 0.1) is 5.82 Å². The fourth-order valence-corrected chi connectivity index (χ4v) is 2.89. The van der Waals surface area contributed by atoms with Gasteiger partial charge in [-0.05, 0) is 60.2 Å². The van der Waals surface area contributed by atoms with Crippen LogP contribution in [0.4, 0.5) is 26.3 Å². The van der Waals surface area contributed by atoms with Gasteiger partial charge in [0, 0.05) is 5.39 Å². The minimum absolute atomic E-state index is 0.0172. The number of aryl methyl sites for hydroxylation is 1. The number of hydrogen-bond acceptors (Lipinski definition) is 1. The molecular formula is C22H16F6O. The summed E-state index contributed by atoms with van der Waals surface area (Å²) in [5.74, 6) is -1.75. The van der Waals surface area contributed by atoms with Crippen molar-refractivity contribution in [3.05, 3.63) is 89.8 Å². The molecule has 152 valence electrons. The molecule has 0 unspecified atom stereocenters. The van der Waals surface area contributed by atoms with E-state index in [0.717, 1.165) is 36.2 Å². The highest BCUT2D eigenvalue weighted by atomic mass is 19.4. The smallest absolute Gasteiger partial charge is 0.426 e. The second-order valence-electron chi connectivity index (χ2n) is 6.45. The lowest BCUT2D eigenvalue weighted by Gasteiger charge is -2.19. The second-order valence-corrected chi connectivity index (χ2v) is 6.45. The van der Waals surface area contributed by atoms with Gasteiger partial charge in [-0.15, -0.1) is 6.58 Å². The molecule has 0 heterocycles. The highest BCUT2D eigenvalue weighted by molar-refractivity contribution is 5.85. The first-order valence-corrected chi connectivity index (χ1v) is 8.68. The Bertz CT molecular complexity index is 1020. The molecule has 0 aromatic heterocycles. The molecule has 3 rings (SSSR count). The summed E-state index contributed by atoms with van der Waals surface area (Å²) in [7, 11) is 0. The molecule has 7 heteroatoms. The van der Waals surface area contributed by atoms with Gasteiger partial charge < -0.3 is 4.74 Å². The Balaban J connectivity index is 1.86. The van der Waals surface area contributed by atoms with E-state index >= 15 is 0 Å². The molecule has 0 aliphatic carbocycles. The Hall–Kier alpha value is -2.96. The number of ether oxygens (including phenoxy) is 1. The van der Waals surface area contributed by atoms with Gasteiger partial charge in [-0.3, -0.25) is 0 Å². The van der Waals surface area contributed by atoms with E-state index in [-0.39, 0.29) is 22.1 Å². The molecule has 0 aliphatic rings. The van der Waals surface area contributed by atoms with Crippen molar-refractivity contribution in [3.63, 3.8) is 0 Å². The Morgan fingerprint density at radius 2 is 1.59 bits per heavy atom. The number of benzene rings is 3. The van der Waals surface area contributed by atoms with Crippen molar-refractivity contribution in [3.8, 4) is 5.75 Å². The van der Waals surface area contributed by atoms with Gasteiger partial charge in [-0.1, -0.05) is 24.3 Å². The fourth-order valence-electron chi connectivity index (χ4n) is 2.89. The second kappa shape index (κ2) is 7.81. The van der Waals surface area contributed by atoms with Gasteiger partial charge in [0.2, 0.25) is 0 Å². The average Bonchev–Trinajstić information content (AvgIpc) is 2.65. The number of fused-ring (bicyclic) bond motifs is 1. The Labute approximate surface area is 163 Å². The summed E-state index contributed by atoms with van der Waals surface area (Å²) >= 11 is 0. The van der Waals surface area contributed by atoms with Crippen LogP contribution in [-0.4, -0.2) is 0 Å². The third-order valence-corrected chi connectivity index (χ3v) is 4.40. The van der Waals surface area contributed by atoms with Crippen molar-refractivity contribution in [1.82, 2.24) is 0 Å². The van der Waals surface area contributed by atoms with Crippen molar-refractivity contribution in [2.45, 2.75) is 25.1 Å². The van der Waals surface area contributed by atoms with Crippen LogP contribution in [0.1, 0.15) is 23.1 Å². The predicted octanol–water partition coefficient (Wildman–Crippen LogP) is 7.24. The van der Waals surface area contributed by atoms with Crippen molar-refractivity contribution in [1.29, 1.82) is 0 Å². The maximum Gasteiger partial charge on any atom is 0.426 e. The van der Waals surface area contributed by atoms with Crippen molar-refractivity contribution in [2.75, 3.05) is 0 Å². The van der Waals surface area contributed by atoms with E-state index < -0.39 is 23.7 Å². The van der Waals surface area contributed by atoms with Gasteiger partial charge in [0.25, 0.3) is 0 Å². The molecule has 0 amide bonds. The third kappa shape index (κ3) is 4.55. The van der Waals surface area contributed by atoms with Gasteiger partial charge in [0.05, 0.1) is 11.1 Å². The number of allylic oxidation sites excluding steroid dienone is 1. The predicted molar refractivity (Wildman–Crippen MR) is 98.4 cm³/mol. The number of alkyl halides is 5. The average molecular weight is 410 g/mol. The van der Waals surface area contributed by atoms with E-state index in [1.54, 1.807) is 18.2 Å². The zero-order valence-electron chi connectivity index (χ0n) is 15.1. The van der Waals surface area contributed by atoms with Crippen LogP contribution < -0.4 is 4.74 Å². The lowest BCUT2D eigenvalue weighted by atomic mass is 10.1. The first-order valence-electron chi connectivity index (χ1n) is 8.68. The number of halogens is 6. The van der Waals surface area contributed by atoms with E-state index in [0.29, 0.717) is 12.5 Å². The van der Waals surface area contributed by atoms with Gasteiger partial charge in [0.1, 0.15) is 11.6 Å². The molecular weight excluding hydrogens is 394 g/mol. The van der Waals surface area contributed by atoms with Gasteiger partial charge in [-0.25, -0.2) is 4.39 Å². The topological polar surface area (TPSA) is 9.23 Å². The van der Waals surface area contributed by atoms with Crippen molar-refractivity contribution < 1.29 is 31.1 Å². The fraction of sp³-hybridized carbons (Fsp3) is 0.182. The third-order valence-electron chi connectivity index (χ3n) is 4.40. The summed E-state index contributed by atoms with van der Waals surface area (Å²) in [5.41, 5.74) is -0.926. The van der Waals surface area contributed by atoms with E-state index in [2.05, 4.69) is 6.58 Å². The highest BCUT2D eigenvalue weighted by Gasteiger charge is 2.36. The molecule has 0 fully saturated rings. The van der Waals surface area contributed by atoms with Gasteiger partial charge in [0.15, 0.2) is 0 Å². The summed E-state index contributed by atoms with van der Waals surface area (Å²) in [5, 5.41) is -0.314. The standard InChI is InChI=1S/C22H16F6O/c1-2-3-4-14-5-8-16(9-6-14)22(27,28)29-17-10-11-18-15(13-17)7-12-19(20(18)23)21(24,25)26/h2,5-13H,1,3-4H2. The first-order chi connectivity index (χ1) is 13.6. The molecule has 3 aromatic carbocycles. The van der Waals surface area contributed by atoms with Crippen LogP contribution in [-0.2, 0) is 18.7 Å². The molecule has 29 heavy (non-hydrogen) atoms. The van der Waals surface area contributed by atoms with E-state index in [1.807, 2.05) is 0 Å². The van der Waals surface area contributed by atoms with Gasteiger partial charge >= 0.3 is 12.3 Å².